The summed E-state index contributed by atoms with van der Waals surface area (Å²) in [4.78, 5) is 12.6. The van der Waals surface area contributed by atoms with E-state index in [9.17, 15) is 4.79 Å². The smallest absolute Gasteiger partial charge is 0.242 e. The highest BCUT2D eigenvalue weighted by Crippen LogP contribution is 2.16. The largest absolute Gasteiger partial charge is 0.351 e. The van der Waals surface area contributed by atoms with E-state index in [-0.39, 0.29) is 11.9 Å². The Balaban J connectivity index is 2.47. The summed E-state index contributed by atoms with van der Waals surface area (Å²) in [6.07, 6.45) is 2.02. The molecule has 0 aliphatic carbocycles. The minimum absolute atomic E-state index is 0.0981. The van der Waals surface area contributed by atoms with Crippen LogP contribution in [0.4, 0.5) is 0 Å². The van der Waals surface area contributed by atoms with Crippen LogP contribution in [0, 0.1) is 0 Å². The summed E-state index contributed by atoms with van der Waals surface area (Å²) in [5.74, 6) is 0.808. The van der Waals surface area contributed by atoms with Gasteiger partial charge in [-0.1, -0.05) is 6.07 Å². The number of nitrogens with one attached hydrogen (secondary N) is 1. The molecule has 1 aromatic heterocycles. The molecular formula is C10H16N2OS2. The molecule has 3 nitrogen and oxygen atoms in total. The molecular weight excluding hydrogens is 228 g/mol. The van der Waals surface area contributed by atoms with Crippen LogP contribution in [-0.4, -0.2) is 24.0 Å². The first kappa shape index (κ1) is 12.5. The van der Waals surface area contributed by atoms with Crippen molar-refractivity contribution in [2.24, 2.45) is 5.73 Å². The summed E-state index contributed by atoms with van der Waals surface area (Å²) in [5.41, 5.74) is 5.82. The second-order valence-electron chi connectivity index (χ2n) is 3.36. The average Bonchev–Trinajstić information content (AvgIpc) is 2.69. The topological polar surface area (TPSA) is 55.1 Å². The zero-order valence-corrected chi connectivity index (χ0v) is 10.5. The van der Waals surface area contributed by atoms with Crippen molar-refractivity contribution in [3.63, 3.8) is 0 Å². The molecule has 0 saturated heterocycles. The van der Waals surface area contributed by atoms with E-state index in [0.29, 0.717) is 0 Å². The maximum atomic E-state index is 11.7. The number of amides is 1. The number of nitrogens with two attached hydrogens (primary N) is 1. The molecule has 1 aromatic rings. The van der Waals surface area contributed by atoms with Crippen LogP contribution in [0.2, 0.25) is 0 Å². The molecule has 0 fully saturated rings. The van der Waals surface area contributed by atoms with Gasteiger partial charge in [0, 0.05) is 16.7 Å². The summed E-state index contributed by atoms with van der Waals surface area (Å²) in [5, 5.41) is 4.82. The fourth-order valence-electron chi connectivity index (χ4n) is 1.22. The third-order valence-corrected chi connectivity index (χ3v) is 3.73. The van der Waals surface area contributed by atoms with Crippen molar-refractivity contribution < 1.29 is 4.79 Å². The molecule has 5 heteroatoms. The van der Waals surface area contributed by atoms with Crippen LogP contribution in [0.3, 0.4) is 0 Å². The van der Waals surface area contributed by atoms with Gasteiger partial charge in [-0.3, -0.25) is 4.79 Å². The third-order valence-electron chi connectivity index (χ3n) is 1.94. The lowest BCUT2D eigenvalue weighted by Gasteiger charge is -2.15. The number of hydrogen-bond acceptors (Lipinski definition) is 4. The number of thiophene rings is 1. The van der Waals surface area contributed by atoms with Crippen LogP contribution in [0.25, 0.3) is 0 Å². The monoisotopic (exact) mass is 244 g/mol. The fraction of sp³-hybridized carbons (Fsp3) is 0.500. The van der Waals surface area contributed by atoms with Crippen LogP contribution in [0.15, 0.2) is 17.5 Å². The van der Waals surface area contributed by atoms with Gasteiger partial charge in [0.15, 0.2) is 0 Å². The van der Waals surface area contributed by atoms with E-state index < -0.39 is 6.04 Å². The molecule has 15 heavy (non-hydrogen) atoms. The molecule has 0 aromatic carbocycles. The molecule has 2 unspecified atom stereocenters. The number of carbonyl (C=O) groups is 1. The maximum Gasteiger partial charge on any atom is 0.242 e. The van der Waals surface area contributed by atoms with Gasteiger partial charge in [0.1, 0.15) is 6.04 Å². The predicted octanol–water partition coefficient (Wildman–Crippen LogP) is 1.62. The Kier molecular flexibility index (Phi) is 5.14. The third kappa shape index (κ3) is 3.85. The van der Waals surface area contributed by atoms with Gasteiger partial charge in [-0.15, -0.1) is 11.3 Å². The fourth-order valence-corrected chi connectivity index (χ4v) is 2.53. The van der Waals surface area contributed by atoms with Gasteiger partial charge in [-0.2, -0.15) is 11.8 Å². The van der Waals surface area contributed by atoms with Crippen molar-refractivity contribution in [3.8, 4) is 0 Å². The van der Waals surface area contributed by atoms with E-state index in [0.717, 1.165) is 10.6 Å². The Bertz CT molecular complexity index is 300. The minimum Gasteiger partial charge on any atom is -0.351 e. The highest BCUT2D eigenvalue weighted by Gasteiger charge is 2.17. The van der Waals surface area contributed by atoms with E-state index in [1.807, 2.05) is 30.7 Å². The molecule has 0 aliphatic heterocycles. The second-order valence-corrected chi connectivity index (χ2v) is 5.25. The molecule has 1 rings (SSSR count). The zero-order valence-electron chi connectivity index (χ0n) is 8.90. The summed E-state index contributed by atoms with van der Waals surface area (Å²) in [6, 6.07) is 3.42. The van der Waals surface area contributed by atoms with Crippen molar-refractivity contribution in [1.82, 2.24) is 5.32 Å². The van der Waals surface area contributed by atoms with E-state index in [1.165, 1.54) is 11.3 Å². The van der Waals surface area contributed by atoms with Crippen LogP contribution < -0.4 is 11.1 Å². The first-order chi connectivity index (χ1) is 7.15. The van der Waals surface area contributed by atoms with Gasteiger partial charge in [0.05, 0.1) is 0 Å². The van der Waals surface area contributed by atoms with Crippen molar-refractivity contribution >= 4 is 29.0 Å². The van der Waals surface area contributed by atoms with Crippen molar-refractivity contribution in [2.45, 2.75) is 19.0 Å². The quantitative estimate of drug-likeness (QED) is 0.827. The molecule has 0 spiro atoms. The predicted molar refractivity (Wildman–Crippen MR) is 67.2 cm³/mol. The van der Waals surface area contributed by atoms with Crippen LogP contribution >= 0.6 is 23.1 Å². The van der Waals surface area contributed by atoms with E-state index in [1.54, 1.807) is 11.8 Å². The van der Waals surface area contributed by atoms with Gasteiger partial charge in [0.25, 0.3) is 0 Å². The number of carbonyl (C=O) groups excluding carboxylic acids is 1. The Labute approximate surface area is 98.4 Å². The maximum absolute atomic E-state index is 11.7. The molecule has 0 bridgehead atoms. The summed E-state index contributed by atoms with van der Waals surface area (Å²) < 4.78 is 0. The van der Waals surface area contributed by atoms with Gasteiger partial charge in [-0.05, 0) is 24.6 Å². The van der Waals surface area contributed by atoms with Crippen molar-refractivity contribution in [3.05, 3.63) is 22.4 Å². The molecule has 84 valence electrons. The number of thioether (sulfide) groups is 1. The standard InChI is InChI=1S/C10H16N2OS2/c1-7(6-14-2)12-10(13)9(11)8-4-3-5-15-8/h3-5,7,9H,6,11H2,1-2H3,(H,12,13). The Morgan fingerprint density at radius 1 is 1.73 bits per heavy atom. The second kappa shape index (κ2) is 6.15. The molecule has 2 atom stereocenters. The minimum atomic E-state index is -0.533. The van der Waals surface area contributed by atoms with Gasteiger partial charge in [0.2, 0.25) is 5.91 Å². The molecule has 1 amide bonds. The molecule has 0 aliphatic rings. The van der Waals surface area contributed by atoms with E-state index in [4.69, 9.17) is 5.73 Å². The summed E-state index contributed by atoms with van der Waals surface area (Å²) >= 11 is 3.22. The molecule has 1 heterocycles. The highest BCUT2D eigenvalue weighted by molar-refractivity contribution is 7.98. The lowest BCUT2D eigenvalue weighted by molar-refractivity contribution is -0.122. The Morgan fingerprint density at radius 3 is 3.00 bits per heavy atom. The van der Waals surface area contributed by atoms with Crippen molar-refractivity contribution in [1.29, 1.82) is 0 Å². The zero-order chi connectivity index (χ0) is 11.3. The molecule has 3 N–H and O–H groups in total. The molecule has 0 radical (unpaired) electrons. The molecule has 0 saturated carbocycles. The highest BCUT2D eigenvalue weighted by atomic mass is 32.2. The Hall–Kier alpha value is -0.520. The number of rotatable bonds is 5. The van der Waals surface area contributed by atoms with E-state index in [2.05, 4.69) is 5.32 Å². The van der Waals surface area contributed by atoms with Crippen LogP contribution in [0.1, 0.15) is 17.8 Å². The first-order valence-electron chi connectivity index (χ1n) is 4.73. The van der Waals surface area contributed by atoms with Gasteiger partial charge >= 0.3 is 0 Å². The normalized spacial score (nSPS) is 14.6. The summed E-state index contributed by atoms with van der Waals surface area (Å²) in [6.45, 7) is 1.98. The van der Waals surface area contributed by atoms with E-state index >= 15 is 0 Å². The lowest BCUT2D eigenvalue weighted by Crippen LogP contribution is -2.40. The van der Waals surface area contributed by atoms with Crippen LogP contribution in [0.5, 0.6) is 0 Å². The number of hydrogen-bond donors (Lipinski definition) is 2. The SMILES string of the molecule is CSCC(C)NC(=O)C(N)c1cccs1. The van der Waals surface area contributed by atoms with Crippen molar-refractivity contribution in [2.75, 3.05) is 12.0 Å². The average molecular weight is 244 g/mol. The van der Waals surface area contributed by atoms with Crippen LogP contribution in [-0.2, 0) is 4.79 Å². The summed E-state index contributed by atoms with van der Waals surface area (Å²) in [7, 11) is 0. The first-order valence-corrected chi connectivity index (χ1v) is 7.00. The Morgan fingerprint density at radius 2 is 2.47 bits per heavy atom. The lowest BCUT2D eigenvalue weighted by atomic mass is 10.2. The van der Waals surface area contributed by atoms with Gasteiger partial charge in [-0.25, -0.2) is 0 Å². The van der Waals surface area contributed by atoms with Gasteiger partial charge < -0.3 is 11.1 Å².